The van der Waals surface area contributed by atoms with Crippen LogP contribution in [0.4, 0.5) is 0 Å². The highest BCUT2D eigenvalue weighted by Crippen LogP contribution is 2.60. The summed E-state index contributed by atoms with van der Waals surface area (Å²) in [4.78, 5) is 0. The van der Waals surface area contributed by atoms with Gasteiger partial charge in [-0.05, 0) is 33.4 Å². The van der Waals surface area contributed by atoms with Gasteiger partial charge in [0.2, 0.25) is 5.79 Å². The fourth-order valence-corrected chi connectivity index (χ4v) is 7.29. The van der Waals surface area contributed by atoms with E-state index in [9.17, 15) is 10.2 Å². The average molecular weight is 589 g/mol. The van der Waals surface area contributed by atoms with E-state index in [1.807, 2.05) is 158 Å². The summed E-state index contributed by atoms with van der Waals surface area (Å²) in [7, 11) is 0. The number of ether oxygens (including phenoxy) is 2. The molecule has 45 heavy (non-hydrogen) atoms. The topological polar surface area (TPSA) is 58.9 Å². The van der Waals surface area contributed by atoms with Crippen molar-refractivity contribution in [3.8, 4) is 11.1 Å². The predicted octanol–water partition coefficient (Wildman–Crippen LogP) is 7.52. The van der Waals surface area contributed by atoms with E-state index in [0.717, 1.165) is 22.3 Å². The quantitative estimate of drug-likeness (QED) is 0.211. The first-order chi connectivity index (χ1) is 22.1. The molecule has 4 nitrogen and oxygen atoms in total. The van der Waals surface area contributed by atoms with Gasteiger partial charge in [-0.15, -0.1) is 0 Å². The summed E-state index contributed by atoms with van der Waals surface area (Å²) in [5.41, 5.74) is 2.77. The lowest BCUT2D eigenvalue weighted by atomic mass is 9.72. The van der Waals surface area contributed by atoms with Crippen molar-refractivity contribution in [2.24, 2.45) is 0 Å². The fourth-order valence-electron chi connectivity index (χ4n) is 7.29. The van der Waals surface area contributed by atoms with Crippen LogP contribution in [0.2, 0.25) is 0 Å². The average Bonchev–Trinajstić information content (AvgIpc) is 3.67. The third kappa shape index (κ3) is 4.08. The van der Waals surface area contributed by atoms with Gasteiger partial charge >= 0.3 is 0 Å². The third-order valence-electron chi connectivity index (χ3n) is 9.39. The Morgan fingerprint density at radius 3 is 0.956 bits per heavy atom. The molecule has 0 radical (unpaired) electrons. The number of aliphatic hydroxyl groups is 2. The zero-order chi connectivity index (χ0) is 30.5. The molecular weight excluding hydrogens is 556 g/mol. The van der Waals surface area contributed by atoms with E-state index >= 15 is 0 Å². The summed E-state index contributed by atoms with van der Waals surface area (Å²) in [5.74, 6) is -1.39. The van der Waals surface area contributed by atoms with Crippen LogP contribution in [0.15, 0.2) is 170 Å². The van der Waals surface area contributed by atoms with Gasteiger partial charge in [0.15, 0.2) is 0 Å². The second-order valence-corrected chi connectivity index (χ2v) is 11.8. The first-order valence-electron chi connectivity index (χ1n) is 15.3. The molecule has 1 aliphatic heterocycles. The molecular formula is C41H32O4. The lowest BCUT2D eigenvalue weighted by molar-refractivity contribution is -0.173. The van der Waals surface area contributed by atoms with Crippen LogP contribution in [-0.4, -0.2) is 22.4 Å². The maximum Gasteiger partial charge on any atom is 0.224 e. The van der Waals surface area contributed by atoms with Crippen LogP contribution in [0, 0.1) is 0 Å². The molecule has 1 fully saturated rings. The Balaban J connectivity index is 1.45. The monoisotopic (exact) mass is 588 g/mol. The van der Waals surface area contributed by atoms with Crippen molar-refractivity contribution in [3.05, 3.63) is 203 Å². The molecule has 8 rings (SSSR count). The van der Waals surface area contributed by atoms with E-state index < -0.39 is 29.2 Å². The highest BCUT2D eigenvalue weighted by molar-refractivity contribution is 5.79. The van der Waals surface area contributed by atoms with E-state index in [1.54, 1.807) is 0 Å². The lowest BCUT2D eigenvalue weighted by Gasteiger charge is -2.42. The summed E-state index contributed by atoms with van der Waals surface area (Å²) in [6, 6.07) is 54.3. The molecule has 1 aliphatic carbocycles. The number of rotatable bonds is 6. The minimum atomic E-state index is -1.72. The zero-order valence-corrected chi connectivity index (χ0v) is 24.5. The van der Waals surface area contributed by atoms with Crippen LogP contribution in [0.5, 0.6) is 0 Å². The Kier molecular flexibility index (Phi) is 6.56. The molecule has 1 heterocycles. The number of benzene rings is 6. The van der Waals surface area contributed by atoms with E-state index in [0.29, 0.717) is 22.3 Å². The summed E-state index contributed by atoms with van der Waals surface area (Å²) in [6.45, 7) is 0. The molecule has 6 aromatic carbocycles. The predicted molar refractivity (Wildman–Crippen MR) is 174 cm³/mol. The molecule has 1 saturated heterocycles. The molecule has 0 amide bonds. The van der Waals surface area contributed by atoms with Gasteiger partial charge in [0.25, 0.3) is 0 Å². The van der Waals surface area contributed by atoms with E-state index in [2.05, 4.69) is 12.1 Å². The Hall–Kier alpha value is -4.84. The van der Waals surface area contributed by atoms with Crippen molar-refractivity contribution < 1.29 is 19.7 Å². The van der Waals surface area contributed by atoms with Crippen LogP contribution < -0.4 is 0 Å². The van der Waals surface area contributed by atoms with Gasteiger partial charge in [-0.25, -0.2) is 0 Å². The van der Waals surface area contributed by atoms with Crippen LogP contribution in [-0.2, 0) is 26.5 Å². The van der Waals surface area contributed by atoms with E-state index in [-0.39, 0.29) is 0 Å². The molecule has 0 unspecified atom stereocenters. The van der Waals surface area contributed by atoms with Gasteiger partial charge in [0.1, 0.15) is 23.4 Å². The van der Waals surface area contributed by atoms with Gasteiger partial charge in [-0.3, -0.25) is 0 Å². The Morgan fingerprint density at radius 1 is 0.378 bits per heavy atom. The molecule has 6 aromatic rings. The molecule has 2 aliphatic rings. The van der Waals surface area contributed by atoms with E-state index in [4.69, 9.17) is 9.47 Å². The molecule has 220 valence electrons. The second kappa shape index (κ2) is 10.7. The molecule has 2 atom stereocenters. The lowest BCUT2D eigenvalue weighted by Crippen LogP contribution is -2.54. The van der Waals surface area contributed by atoms with Gasteiger partial charge in [-0.1, -0.05) is 170 Å². The largest absolute Gasteiger partial charge is 0.378 e. The highest BCUT2D eigenvalue weighted by Gasteiger charge is 2.66. The Morgan fingerprint density at radius 2 is 0.644 bits per heavy atom. The maximum atomic E-state index is 13.3. The molecule has 2 N–H and O–H groups in total. The van der Waals surface area contributed by atoms with Crippen molar-refractivity contribution in [1.29, 1.82) is 0 Å². The van der Waals surface area contributed by atoms with Crippen molar-refractivity contribution in [2.45, 2.75) is 29.2 Å². The first kappa shape index (κ1) is 27.7. The fraction of sp³-hybridized carbons (Fsp3) is 0.122. The normalized spacial score (nSPS) is 18.4. The number of fused-ring (bicyclic) bond motifs is 5. The Bertz CT molecular complexity index is 1720. The molecule has 4 heteroatoms. The third-order valence-corrected chi connectivity index (χ3v) is 9.39. The smallest absolute Gasteiger partial charge is 0.224 e. The minimum Gasteiger partial charge on any atom is -0.378 e. The van der Waals surface area contributed by atoms with Gasteiger partial charge in [0.05, 0.1) is 0 Å². The van der Waals surface area contributed by atoms with Crippen molar-refractivity contribution in [2.75, 3.05) is 0 Å². The van der Waals surface area contributed by atoms with Crippen LogP contribution in [0.1, 0.15) is 33.4 Å². The minimum absolute atomic E-state index is 0.634. The van der Waals surface area contributed by atoms with Crippen LogP contribution >= 0.6 is 0 Å². The maximum absolute atomic E-state index is 13.3. The zero-order valence-electron chi connectivity index (χ0n) is 24.5. The van der Waals surface area contributed by atoms with Crippen molar-refractivity contribution >= 4 is 0 Å². The molecule has 0 saturated carbocycles. The van der Waals surface area contributed by atoms with Gasteiger partial charge in [-0.2, -0.15) is 0 Å². The summed E-state index contributed by atoms with van der Waals surface area (Å²) in [6.07, 6.45) is -2.15. The van der Waals surface area contributed by atoms with Gasteiger partial charge in [0, 0.05) is 11.1 Å². The summed E-state index contributed by atoms with van der Waals surface area (Å²) in [5, 5.41) is 26.6. The van der Waals surface area contributed by atoms with E-state index in [1.165, 1.54) is 0 Å². The van der Waals surface area contributed by atoms with Crippen LogP contribution in [0.25, 0.3) is 11.1 Å². The number of hydrogen-bond donors (Lipinski definition) is 2. The SMILES string of the molecule is OC(c1ccccc1)(c1ccccc1)[C@@H]1OC2(O[C@H]1C(O)(c1ccccc1)c1ccccc1)c1ccccc1-c1ccccc12. The van der Waals surface area contributed by atoms with Crippen molar-refractivity contribution in [1.82, 2.24) is 0 Å². The standard InChI is InChI=1S/C41H32O4/c42-39(29-17-5-1-6-18-29,30-19-7-2-8-20-30)37-38(40(43,31-21-9-3-10-22-31)32-23-11-4-12-24-32)45-41(44-37)35-27-15-13-25-33(35)34-26-14-16-28-36(34)41/h1-28,37-38,42-43H/t37-,38-/m1/s1. The first-order valence-corrected chi connectivity index (χ1v) is 15.3. The van der Waals surface area contributed by atoms with Crippen molar-refractivity contribution in [3.63, 3.8) is 0 Å². The van der Waals surface area contributed by atoms with Gasteiger partial charge < -0.3 is 19.7 Å². The summed E-state index contributed by atoms with van der Waals surface area (Å²) >= 11 is 0. The number of hydrogen-bond acceptors (Lipinski definition) is 4. The molecule has 0 bridgehead atoms. The highest BCUT2D eigenvalue weighted by atomic mass is 16.8. The molecule has 0 aromatic heterocycles. The summed E-state index contributed by atoms with van der Waals surface area (Å²) < 4.78 is 14.6. The van der Waals surface area contributed by atoms with Crippen LogP contribution in [0.3, 0.4) is 0 Å². The Labute approximate surface area is 262 Å². The molecule has 1 spiro atoms. The second-order valence-electron chi connectivity index (χ2n) is 11.8.